The quantitative estimate of drug-likeness (QED) is 0.557. The first kappa shape index (κ1) is 9.59. The van der Waals surface area contributed by atoms with E-state index in [1.54, 1.807) is 6.08 Å². The zero-order chi connectivity index (χ0) is 7.98. The van der Waals surface area contributed by atoms with Gasteiger partial charge in [-0.3, -0.25) is 0 Å². The van der Waals surface area contributed by atoms with Gasteiger partial charge in [0.05, 0.1) is 0 Å². The largest absolute Gasteiger partial charge is 0.325 e. The highest BCUT2D eigenvalue weighted by Gasteiger charge is 2.03. The molecule has 0 saturated heterocycles. The monoisotopic (exact) mass is 146 g/mol. The molecule has 0 bridgehead atoms. The maximum absolute atomic E-state index is 11.7. The van der Waals surface area contributed by atoms with Crippen molar-refractivity contribution in [3.63, 3.8) is 0 Å². The van der Waals surface area contributed by atoms with Crippen molar-refractivity contribution in [1.82, 2.24) is 0 Å². The van der Waals surface area contributed by atoms with Gasteiger partial charge in [0.15, 0.2) is 0 Å². The lowest BCUT2D eigenvalue weighted by Crippen LogP contribution is -2.26. The number of nitrogens with two attached hydrogens (primary N) is 2. The van der Waals surface area contributed by atoms with Crippen LogP contribution in [0, 0.1) is 0 Å². The van der Waals surface area contributed by atoms with Gasteiger partial charge >= 0.3 is 0 Å². The summed E-state index contributed by atoms with van der Waals surface area (Å²) in [7, 11) is 0. The van der Waals surface area contributed by atoms with Gasteiger partial charge < -0.3 is 11.5 Å². The van der Waals surface area contributed by atoms with Crippen LogP contribution in [0.2, 0.25) is 0 Å². The molecule has 0 rings (SSSR count). The van der Waals surface area contributed by atoms with E-state index in [1.165, 1.54) is 0 Å². The fraction of sp³-hybridized carbons (Fsp3) is 0.714. The highest BCUT2D eigenvalue weighted by Crippen LogP contribution is 1.98. The number of rotatable bonds is 5. The van der Waals surface area contributed by atoms with Gasteiger partial charge in [0.25, 0.3) is 0 Å². The Bertz CT molecular complexity index is 95.6. The van der Waals surface area contributed by atoms with E-state index >= 15 is 0 Å². The van der Waals surface area contributed by atoms with E-state index in [0.29, 0.717) is 12.8 Å². The lowest BCUT2D eigenvalue weighted by molar-refractivity contribution is 0.403. The van der Waals surface area contributed by atoms with E-state index in [0.717, 1.165) is 0 Å². The maximum atomic E-state index is 11.7. The van der Waals surface area contributed by atoms with E-state index in [1.807, 2.05) is 0 Å². The normalized spacial score (nSPS) is 16.3. The molecule has 0 aromatic carbocycles. The van der Waals surface area contributed by atoms with Crippen LogP contribution < -0.4 is 11.5 Å². The van der Waals surface area contributed by atoms with Crippen molar-refractivity contribution >= 4 is 0 Å². The van der Waals surface area contributed by atoms with Crippen molar-refractivity contribution in [2.45, 2.75) is 24.9 Å². The number of hydrogen-bond acceptors (Lipinski definition) is 2. The zero-order valence-electron chi connectivity index (χ0n) is 6.09. The second kappa shape index (κ2) is 5.38. The van der Waals surface area contributed by atoms with Crippen LogP contribution in [0.1, 0.15) is 12.8 Å². The molecular formula is C7H15FN2. The van der Waals surface area contributed by atoms with E-state index in [-0.39, 0.29) is 12.1 Å². The Labute approximate surface area is 61.1 Å². The first-order valence-electron chi connectivity index (χ1n) is 3.40. The molecule has 0 aromatic rings. The predicted octanol–water partition coefficient (Wildman–Crippen LogP) is 0.577. The second-order valence-corrected chi connectivity index (χ2v) is 2.39. The Morgan fingerprint density at radius 1 is 1.40 bits per heavy atom. The molecule has 0 aliphatic carbocycles. The average molecular weight is 146 g/mol. The molecule has 2 nitrogen and oxygen atoms in total. The minimum absolute atomic E-state index is 0.0439. The molecule has 0 saturated carbocycles. The predicted molar refractivity (Wildman–Crippen MR) is 41.4 cm³/mol. The van der Waals surface area contributed by atoms with E-state index in [4.69, 9.17) is 11.5 Å². The lowest BCUT2D eigenvalue weighted by atomic mass is 10.1. The third-order valence-corrected chi connectivity index (χ3v) is 1.37. The Morgan fingerprint density at radius 2 is 2.00 bits per heavy atom. The van der Waals surface area contributed by atoms with Crippen LogP contribution in [0.5, 0.6) is 0 Å². The first-order valence-corrected chi connectivity index (χ1v) is 3.40. The lowest BCUT2D eigenvalue weighted by Gasteiger charge is -2.08. The molecule has 2 unspecified atom stereocenters. The highest BCUT2D eigenvalue weighted by atomic mass is 19.1. The molecule has 0 radical (unpaired) electrons. The van der Waals surface area contributed by atoms with Gasteiger partial charge in [-0.1, -0.05) is 6.08 Å². The summed E-state index contributed by atoms with van der Waals surface area (Å²) < 4.78 is 11.7. The van der Waals surface area contributed by atoms with Crippen LogP contribution in [0.3, 0.4) is 0 Å². The van der Waals surface area contributed by atoms with Crippen molar-refractivity contribution in [3.8, 4) is 0 Å². The van der Waals surface area contributed by atoms with Gasteiger partial charge in [-0.25, -0.2) is 4.39 Å². The van der Waals surface area contributed by atoms with Crippen molar-refractivity contribution in [2.75, 3.05) is 6.67 Å². The fourth-order valence-corrected chi connectivity index (χ4v) is 0.602. The molecular weight excluding hydrogens is 131 g/mol. The molecule has 4 N–H and O–H groups in total. The van der Waals surface area contributed by atoms with Gasteiger partial charge in [-0.15, -0.1) is 6.58 Å². The Hall–Kier alpha value is -0.410. The first-order chi connectivity index (χ1) is 4.70. The third kappa shape index (κ3) is 4.47. The van der Waals surface area contributed by atoms with Gasteiger partial charge in [-0.05, 0) is 12.8 Å². The Morgan fingerprint density at radius 3 is 2.40 bits per heavy atom. The van der Waals surface area contributed by atoms with Gasteiger partial charge in [0.2, 0.25) is 0 Å². The fourth-order valence-electron chi connectivity index (χ4n) is 0.602. The molecule has 10 heavy (non-hydrogen) atoms. The Kier molecular flexibility index (Phi) is 5.16. The van der Waals surface area contributed by atoms with E-state index in [9.17, 15) is 4.39 Å². The van der Waals surface area contributed by atoms with Gasteiger partial charge in [0, 0.05) is 12.1 Å². The summed E-state index contributed by atoms with van der Waals surface area (Å²) >= 11 is 0. The summed E-state index contributed by atoms with van der Waals surface area (Å²) in [5.74, 6) is 0. The van der Waals surface area contributed by atoms with E-state index < -0.39 is 6.67 Å². The molecule has 0 aromatic heterocycles. The molecule has 60 valence electrons. The topological polar surface area (TPSA) is 52.0 Å². The molecule has 3 heteroatoms. The number of halogens is 1. The van der Waals surface area contributed by atoms with Crippen LogP contribution in [0.25, 0.3) is 0 Å². The number of alkyl halides is 1. The maximum Gasteiger partial charge on any atom is 0.104 e. The molecule has 0 spiro atoms. The molecule has 0 heterocycles. The molecule has 0 fully saturated rings. The summed E-state index contributed by atoms with van der Waals surface area (Å²) in [6.45, 7) is 3.04. The second-order valence-electron chi connectivity index (χ2n) is 2.39. The van der Waals surface area contributed by atoms with Crippen molar-refractivity contribution < 1.29 is 4.39 Å². The summed E-state index contributed by atoms with van der Waals surface area (Å²) in [5.41, 5.74) is 10.8. The van der Waals surface area contributed by atoms with Crippen LogP contribution >= 0.6 is 0 Å². The van der Waals surface area contributed by atoms with Gasteiger partial charge in [0.1, 0.15) is 6.67 Å². The minimum atomic E-state index is -0.468. The summed E-state index contributed by atoms with van der Waals surface area (Å²) in [6, 6.07) is -0.399. The molecule has 0 aliphatic heterocycles. The Balaban J connectivity index is 3.25. The summed E-state index contributed by atoms with van der Waals surface area (Å²) in [6.07, 6.45) is 2.99. The van der Waals surface area contributed by atoms with Crippen LogP contribution in [0.4, 0.5) is 4.39 Å². The standard InChI is InChI=1S/C7H15FN2/c1-2-6(9)3-4-7(10)5-8/h2,6-7H,1,3-5,9-10H2. The van der Waals surface area contributed by atoms with Crippen molar-refractivity contribution in [2.24, 2.45) is 11.5 Å². The molecule has 0 amide bonds. The number of hydrogen-bond donors (Lipinski definition) is 2. The molecule has 0 aliphatic rings. The highest BCUT2D eigenvalue weighted by molar-refractivity contribution is 4.82. The van der Waals surface area contributed by atoms with E-state index in [2.05, 4.69) is 6.58 Å². The smallest absolute Gasteiger partial charge is 0.104 e. The zero-order valence-corrected chi connectivity index (χ0v) is 6.09. The summed E-state index contributed by atoms with van der Waals surface area (Å²) in [5, 5.41) is 0. The molecule has 2 atom stereocenters. The van der Waals surface area contributed by atoms with Crippen LogP contribution in [-0.4, -0.2) is 18.8 Å². The van der Waals surface area contributed by atoms with Crippen molar-refractivity contribution in [1.29, 1.82) is 0 Å². The van der Waals surface area contributed by atoms with Gasteiger partial charge in [-0.2, -0.15) is 0 Å². The third-order valence-electron chi connectivity index (χ3n) is 1.37. The summed E-state index contributed by atoms with van der Waals surface area (Å²) in [4.78, 5) is 0. The van der Waals surface area contributed by atoms with Crippen LogP contribution in [0.15, 0.2) is 12.7 Å². The minimum Gasteiger partial charge on any atom is -0.325 e. The van der Waals surface area contributed by atoms with Crippen LogP contribution in [-0.2, 0) is 0 Å². The average Bonchev–Trinajstić information content (AvgIpc) is 1.99. The van der Waals surface area contributed by atoms with Crippen molar-refractivity contribution in [3.05, 3.63) is 12.7 Å². The SMILES string of the molecule is C=CC(N)CCC(N)CF.